The number of anilines is 1. The molecule has 0 radical (unpaired) electrons. The first-order valence-corrected chi connectivity index (χ1v) is 9.47. The number of nitrogens with two attached hydrogens (primary N) is 1. The van der Waals surface area contributed by atoms with Gasteiger partial charge in [0, 0.05) is 43.4 Å². The predicted octanol–water partition coefficient (Wildman–Crippen LogP) is 2.55. The van der Waals surface area contributed by atoms with Crippen molar-refractivity contribution in [3.8, 4) is 11.1 Å². The zero-order chi connectivity index (χ0) is 17.4. The molecule has 0 spiro atoms. The molecular formula is C17H22BrN7. The van der Waals surface area contributed by atoms with Crippen molar-refractivity contribution in [3.63, 3.8) is 0 Å². The van der Waals surface area contributed by atoms with Gasteiger partial charge in [0.1, 0.15) is 5.82 Å². The molecule has 0 amide bonds. The maximum atomic E-state index is 6.28. The minimum atomic E-state index is 0.580. The van der Waals surface area contributed by atoms with Crippen LogP contribution in [0.2, 0.25) is 0 Å². The van der Waals surface area contributed by atoms with Gasteiger partial charge in [-0.3, -0.25) is 4.68 Å². The molecule has 3 N–H and O–H groups in total. The molecule has 1 aliphatic rings. The Hall–Kier alpha value is -1.93. The summed E-state index contributed by atoms with van der Waals surface area (Å²) in [5.41, 5.74) is 9.94. The second-order valence-electron chi connectivity index (χ2n) is 6.64. The maximum absolute atomic E-state index is 6.28. The minimum absolute atomic E-state index is 0.580. The quantitative estimate of drug-likeness (QED) is 0.683. The van der Waals surface area contributed by atoms with E-state index < -0.39 is 0 Å². The number of fused-ring (bicyclic) bond motifs is 1. The summed E-state index contributed by atoms with van der Waals surface area (Å²) in [5, 5.41) is 12.3. The molecule has 3 aromatic heterocycles. The fourth-order valence-electron chi connectivity index (χ4n) is 3.50. The van der Waals surface area contributed by atoms with E-state index in [2.05, 4.69) is 31.4 Å². The number of hydrogen-bond acceptors (Lipinski definition) is 5. The Morgan fingerprint density at radius 3 is 2.80 bits per heavy atom. The van der Waals surface area contributed by atoms with Crippen molar-refractivity contribution in [2.24, 2.45) is 7.05 Å². The smallest absolute Gasteiger partial charge is 0.165 e. The molecule has 0 aliphatic heterocycles. The Labute approximate surface area is 154 Å². The van der Waals surface area contributed by atoms with Gasteiger partial charge < -0.3 is 11.1 Å². The third-order valence-corrected chi connectivity index (χ3v) is 5.72. The number of rotatable bonds is 5. The Bertz CT molecular complexity index is 892. The molecule has 7 nitrogen and oxygen atoms in total. The van der Waals surface area contributed by atoms with E-state index in [1.807, 2.05) is 19.4 Å². The molecule has 0 bridgehead atoms. The molecule has 0 aromatic carbocycles. The Morgan fingerprint density at radius 2 is 2.08 bits per heavy atom. The second kappa shape index (κ2) is 6.76. The number of nitrogens with zero attached hydrogens (tertiary/aromatic N) is 5. The largest absolute Gasteiger partial charge is 0.383 e. The van der Waals surface area contributed by atoms with Crippen molar-refractivity contribution < 1.29 is 0 Å². The lowest BCUT2D eigenvalue weighted by Crippen LogP contribution is -2.28. The van der Waals surface area contributed by atoms with E-state index in [9.17, 15) is 0 Å². The van der Waals surface area contributed by atoms with Crippen LogP contribution in [0.1, 0.15) is 31.4 Å². The van der Waals surface area contributed by atoms with E-state index >= 15 is 0 Å². The van der Waals surface area contributed by atoms with Crippen molar-refractivity contribution in [2.45, 2.75) is 38.1 Å². The van der Waals surface area contributed by atoms with Gasteiger partial charge >= 0.3 is 0 Å². The molecule has 3 aromatic rings. The molecule has 3 heterocycles. The predicted molar refractivity (Wildman–Crippen MR) is 101 cm³/mol. The molecule has 1 fully saturated rings. The molecule has 0 atom stereocenters. The molecule has 25 heavy (non-hydrogen) atoms. The average molecular weight is 404 g/mol. The SMILES string of the molecule is Cn1cc(-c2cnn3c(N)c(Br)c(CCNC4CCCC4)nc23)cn1. The first-order chi connectivity index (χ1) is 12.1. The fraction of sp³-hybridized carbons (Fsp3) is 0.471. The first-order valence-electron chi connectivity index (χ1n) is 8.67. The molecule has 4 rings (SSSR count). The second-order valence-corrected chi connectivity index (χ2v) is 7.43. The Kier molecular flexibility index (Phi) is 4.47. The van der Waals surface area contributed by atoms with Gasteiger partial charge in [-0.25, -0.2) is 4.98 Å². The highest BCUT2D eigenvalue weighted by Crippen LogP contribution is 2.29. The fourth-order valence-corrected chi connectivity index (χ4v) is 3.95. The van der Waals surface area contributed by atoms with Crippen molar-refractivity contribution in [3.05, 3.63) is 28.8 Å². The molecule has 8 heteroatoms. The highest BCUT2D eigenvalue weighted by atomic mass is 79.9. The van der Waals surface area contributed by atoms with Crippen LogP contribution in [0, 0.1) is 0 Å². The average Bonchev–Trinajstić information content (AvgIpc) is 3.32. The van der Waals surface area contributed by atoms with Crippen LogP contribution in [0.5, 0.6) is 0 Å². The van der Waals surface area contributed by atoms with Crippen molar-refractivity contribution in [1.29, 1.82) is 0 Å². The summed E-state index contributed by atoms with van der Waals surface area (Å²) in [4.78, 5) is 4.84. The summed E-state index contributed by atoms with van der Waals surface area (Å²) in [7, 11) is 1.90. The highest BCUT2D eigenvalue weighted by molar-refractivity contribution is 9.10. The monoisotopic (exact) mass is 403 g/mol. The van der Waals surface area contributed by atoms with Gasteiger partial charge in [0.05, 0.1) is 22.6 Å². The third-order valence-electron chi connectivity index (χ3n) is 4.86. The summed E-state index contributed by atoms with van der Waals surface area (Å²) in [6, 6.07) is 0.653. The number of aromatic nitrogens is 5. The summed E-state index contributed by atoms with van der Waals surface area (Å²) in [5.74, 6) is 0.580. The van der Waals surface area contributed by atoms with Gasteiger partial charge in [-0.15, -0.1) is 0 Å². The van der Waals surface area contributed by atoms with Gasteiger partial charge in [-0.05, 0) is 28.8 Å². The zero-order valence-electron chi connectivity index (χ0n) is 14.2. The number of aryl methyl sites for hydroxylation is 1. The summed E-state index contributed by atoms with van der Waals surface area (Å²) in [6.07, 6.45) is 11.6. The molecular weight excluding hydrogens is 382 g/mol. The Morgan fingerprint density at radius 1 is 1.28 bits per heavy atom. The van der Waals surface area contributed by atoms with E-state index in [0.717, 1.165) is 39.9 Å². The minimum Gasteiger partial charge on any atom is -0.383 e. The van der Waals surface area contributed by atoms with E-state index in [1.165, 1.54) is 25.7 Å². The molecule has 0 saturated heterocycles. The lowest BCUT2D eigenvalue weighted by Gasteiger charge is -2.13. The van der Waals surface area contributed by atoms with Crippen LogP contribution in [-0.2, 0) is 13.5 Å². The van der Waals surface area contributed by atoms with Crippen LogP contribution in [0.4, 0.5) is 5.82 Å². The highest BCUT2D eigenvalue weighted by Gasteiger charge is 2.18. The topological polar surface area (TPSA) is 86.1 Å². The van der Waals surface area contributed by atoms with E-state index in [-0.39, 0.29) is 0 Å². The molecule has 0 unspecified atom stereocenters. The van der Waals surface area contributed by atoms with Crippen LogP contribution in [-0.4, -0.2) is 37.0 Å². The van der Waals surface area contributed by atoms with Gasteiger partial charge in [-0.2, -0.15) is 14.7 Å². The molecule has 1 saturated carbocycles. The van der Waals surface area contributed by atoms with Gasteiger partial charge in [0.25, 0.3) is 0 Å². The van der Waals surface area contributed by atoms with Crippen LogP contribution >= 0.6 is 15.9 Å². The Balaban J connectivity index is 1.63. The number of nitrogen functional groups attached to an aromatic ring is 1. The normalized spacial score (nSPS) is 15.4. The maximum Gasteiger partial charge on any atom is 0.165 e. The number of halogens is 1. The molecule has 132 valence electrons. The van der Waals surface area contributed by atoms with Crippen LogP contribution in [0.3, 0.4) is 0 Å². The van der Waals surface area contributed by atoms with Crippen molar-refractivity contribution in [1.82, 2.24) is 29.7 Å². The number of nitrogens with one attached hydrogen (secondary N) is 1. The lowest BCUT2D eigenvalue weighted by molar-refractivity contribution is 0.525. The molecule has 1 aliphatic carbocycles. The standard InChI is InChI=1S/C17H22BrN7/c1-24-10-11(8-21-24)13-9-22-25-16(19)15(18)14(23-17(13)25)6-7-20-12-4-2-3-5-12/h8-10,12,20H,2-7,19H2,1H3. The summed E-state index contributed by atoms with van der Waals surface area (Å²) < 4.78 is 4.28. The third kappa shape index (κ3) is 3.16. The van der Waals surface area contributed by atoms with E-state index in [0.29, 0.717) is 11.9 Å². The van der Waals surface area contributed by atoms with Crippen molar-refractivity contribution in [2.75, 3.05) is 12.3 Å². The first kappa shape index (κ1) is 16.5. The number of hydrogen-bond donors (Lipinski definition) is 2. The summed E-state index contributed by atoms with van der Waals surface area (Å²) in [6.45, 7) is 0.905. The van der Waals surface area contributed by atoms with Crippen molar-refractivity contribution >= 4 is 27.4 Å². The van der Waals surface area contributed by atoms with Crippen LogP contribution in [0.15, 0.2) is 23.1 Å². The van der Waals surface area contributed by atoms with Gasteiger partial charge in [-0.1, -0.05) is 12.8 Å². The van der Waals surface area contributed by atoms with E-state index in [1.54, 1.807) is 15.4 Å². The zero-order valence-corrected chi connectivity index (χ0v) is 15.8. The lowest BCUT2D eigenvalue weighted by atomic mass is 10.2. The van der Waals surface area contributed by atoms with Gasteiger partial charge in [0.15, 0.2) is 5.65 Å². The van der Waals surface area contributed by atoms with Crippen LogP contribution in [0.25, 0.3) is 16.8 Å². The van der Waals surface area contributed by atoms with E-state index in [4.69, 9.17) is 10.7 Å². The van der Waals surface area contributed by atoms with Gasteiger partial charge in [0.2, 0.25) is 0 Å². The summed E-state index contributed by atoms with van der Waals surface area (Å²) >= 11 is 3.59. The van der Waals surface area contributed by atoms with Crippen LogP contribution < -0.4 is 11.1 Å².